The third-order valence-corrected chi connectivity index (χ3v) is 2.86. The number of hydrogen-bond donors (Lipinski definition) is 0. The van der Waals surface area contributed by atoms with Crippen LogP contribution in [0.1, 0.15) is 12.8 Å². The average molecular weight is 314 g/mol. The van der Waals surface area contributed by atoms with E-state index in [1.807, 2.05) is 36.4 Å². The molecule has 5 heteroatoms. The Balaban J connectivity index is 1.58. The maximum absolute atomic E-state index is 11.5. The van der Waals surface area contributed by atoms with Gasteiger partial charge in [0.15, 0.2) is 0 Å². The predicted molar refractivity (Wildman–Crippen MR) is 84.2 cm³/mol. The lowest BCUT2D eigenvalue weighted by Crippen LogP contribution is -2.17. The molecule has 0 saturated heterocycles. The van der Waals surface area contributed by atoms with Crippen molar-refractivity contribution in [2.75, 3.05) is 13.2 Å². The van der Waals surface area contributed by atoms with E-state index in [4.69, 9.17) is 9.47 Å². The van der Waals surface area contributed by atoms with Crippen LogP contribution in [0, 0.1) is 0 Å². The van der Waals surface area contributed by atoms with Gasteiger partial charge in [-0.25, -0.2) is 0 Å². The lowest BCUT2D eigenvalue weighted by Gasteiger charge is -2.07. The highest BCUT2D eigenvalue weighted by molar-refractivity contribution is 5.85. The van der Waals surface area contributed by atoms with Gasteiger partial charge in [0.2, 0.25) is 0 Å². The van der Waals surface area contributed by atoms with Crippen LogP contribution in [0.5, 0.6) is 11.5 Å². The van der Waals surface area contributed by atoms with Gasteiger partial charge in [-0.1, -0.05) is 36.4 Å². The molecule has 5 nitrogen and oxygen atoms in total. The molecule has 0 unspecified atom stereocenters. The number of ether oxygens (including phenoxy) is 3. The van der Waals surface area contributed by atoms with Crippen LogP contribution in [0.15, 0.2) is 60.7 Å². The van der Waals surface area contributed by atoms with Crippen LogP contribution in [0.4, 0.5) is 0 Å². The minimum atomic E-state index is -0.606. The fraction of sp³-hybridized carbons (Fsp3) is 0.222. The molecule has 0 radical (unpaired) electrons. The molecule has 0 atom stereocenters. The molecule has 0 aromatic heterocycles. The minimum absolute atomic E-state index is 0.0141. The Morgan fingerprint density at radius 1 is 0.652 bits per heavy atom. The SMILES string of the molecule is O=C(CCOc1ccccc1)OC(=O)CCOc1ccccc1. The summed E-state index contributed by atoms with van der Waals surface area (Å²) >= 11 is 0. The zero-order valence-electron chi connectivity index (χ0n) is 12.6. The first-order chi connectivity index (χ1) is 11.2. The van der Waals surface area contributed by atoms with Crippen LogP contribution in [0.25, 0.3) is 0 Å². The van der Waals surface area contributed by atoms with Crippen LogP contribution in [0.3, 0.4) is 0 Å². The van der Waals surface area contributed by atoms with Gasteiger partial charge >= 0.3 is 11.9 Å². The third-order valence-electron chi connectivity index (χ3n) is 2.86. The zero-order chi connectivity index (χ0) is 16.3. The molecule has 0 saturated carbocycles. The normalized spacial score (nSPS) is 9.91. The van der Waals surface area contributed by atoms with Crippen molar-refractivity contribution >= 4 is 11.9 Å². The van der Waals surface area contributed by atoms with Gasteiger partial charge in [-0.15, -0.1) is 0 Å². The molecule has 0 N–H and O–H groups in total. The first kappa shape index (κ1) is 16.5. The lowest BCUT2D eigenvalue weighted by molar-refractivity contribution is -0.160. The first-order valence-electron chi connectivity index (χ1n) is 7.33. The Bertz CT molecular complexity index is 554. The summed E-state index contributed by atoms with van der Waals surface area (Å²) in [5, 5.41) is 0. The van der Waals surface area contributed by atoms with E-state index in [-0.39, 0.29) is 26.1 Å². The summed E-state index contributed by atoms with van der Waals surface area (Å²) in [6.07, 6.45) is 0.0281. The van der Waals surface area contributed by atoms with Crippen molar-refractivity contribution in [2.45, 2.75) is 12.8 Å². The van der Waals surface area contributed by atoms with Crippen molar-refractivity contribution in [3.63, 3.8) is 0 Å². The van der Waals surface area contributed by atoms with Crippen molar-refractivity contribution in [2.24, 2.45) is 0 Å². The standard InChI is InChI=1S/C18H18O5/c19-17(11-13-21-15-7-3-1-4-8-15)23-18(20)12-14-22-16-9-5-2-6-10-16/h1-10H,11-14H2. The Morgan fingerprint density at radius 3 is 1.43 bits per heavy atom. The lowest BCUT2D eigenvalue weighted by atomic mass is 10.3. The Kier molecular flexibility index (Phi) is 6.65. The van der Waals surface area contributed by atoms with E-state index in [1.165, 1.54) is 0 Å². The fourth-order valence-corrected chi connectivity index (χ4v) is 1.77. The summed E-state index contributed by atoms with van der Waals surface area (Å²) in [4.78, 5) is 23.0. The number of para-hydroxylation sites is 2. The average Bonchev–Trinajstić information content (AvgIpc) is 2.57. The first-order valence-corrected chi connectivity index (χ1v) is 7.33. The van der Waals surface area contributed by atoms with Crippen molar-refractivity contribution < 1.29 is 23.8 Å². The van der Waals surface area contributed by atoms with Gasteiger partial charge in [-0.05, 0) is 24.3 Å². The fourth-order valence-electron chi connectivity index (χ4n) is 1.77. The monoisotopic (exact) mass is 314 g/mol. The van der Waals surface area contributed by atoms with Gasteiger partial charge in [0.1, 0.15) is 11.5 Å². The van der Waals surface area contributed by atoms with Gasteiger partial charge in [-0.2, -0.15) is 0 Å². The van der Waals surface area contributed by atoms with E-state index in [0.717, 1.165) is 0 Å². The zero-order valence-corrected chi connectivity index (χ0v) is 12.6. The molecule has 23 heavy (non-hydrogen) atoms. The van der Waals surface area contributed by atoms with Crippen molar-refractivity contribution in [1.82, 2.24) is 0 Å². The van der Waals surface area contributed by atoms with E-state index in [2.05, 4.69) is 4.74 Å². The van der Waals surface area contributed by atoms with Crippen LogP contribution in [-0.4, -0.2) is 25.2 Å². The number of esters is 2. The van der Waals surface area contributed by atoms with Crippen LogP contribution in [-0.2, 0) is 14.3 Å². The van der Waals surface area contributed by atoms with E-state index >= 15 is 0 Å². The maximum atomic E-state index is 11.5. The summed E-state index contributed by atoms with van der Waals surface area (Å²) in [7, 11) is 0. The summed E-state index contributed by atoms with van der Waals surface area (Å²) in [6.45, 7) is 0.327. The molecule has 2 rings (SSSR count). The highest BCUT2D eigenvalue weighted by Crippen LogP contribution is 2.09. The second kappa shape index (κ2) is 9.25. The van der Waals surface area contributed by atoms with Crippen molar-refractivity contribution in [1.29, 1.82) is 0 Å². The van der Waals surface area contributed by atoms with Crippen LogP contribution < -0.4 is 9.47 Å². The molecule has 0 aliphatic heterocycles. The Hall–Kier alpha value is -2.82. The molecule has 0 amide bonds. The van der Waals surface area contributed by atoms with E-state index in [1.54, 1.807) is 24.3 Å². The second-order valence-electron chi connectivity index (χ2n) is 4.67. The summed E-state index contributed by atoms with van der Waals surface area (Å²) < 4.78 is 15.4. The van der Waals surface area contributed by atoms with Crippen LogP contribution in [0.2, 0.25) is 0 Å². The highest BCUT2D eigenvalue weighted by Gasteiger charge is 2.11. The molecule has 0 aliphatic rings. The van der Waals surface area contributed by atoms with Gasteiger partial charge in [0, 0.05) is 0 Å². The minimum Gasteiger partial charge on any atom is -0.493 e. The van der Waals surface area contributed by atoms with E-state index in [0.29, 0.717) is 11.5 Å². The second-order valence-corrected chi connectivity index (χ2v) is 4.67. The summed E-state index contributed by atoms with van der Waals surface area (Å²) in [5.41, 5.74) is 0. The molecular formula is C18H18O5. The number of hydrogen-bond acceptors (Lipinski definition) is 5. The molecule has 0 aliphatic carbocycles. The molecular weight excluding hydrogens is 296 g/mol. The van der Waals surface area contributed by atoms with Crippen molar-refractivity contribution in [3.05, 3.63) is 60.7 Å². The number of carbonyl (C=O) groups is 2. The Morgan fingerprint density at radius 2 is 1.04 bits per heavy atom. The number of benzene rings is 2. The van der Waals surface area contributed by atoms with Crippen molar-refractivity contribution in [3.8, 4) is 11.5 Å². The Labute approximate surface area is 134 Å². The largest absolute Gasteiger partial charge is 0.493 e. The third kappa shape index (κ3) is 6.65. The molecule has 2 aromatic rings. The van der Waals surface area contributed by atoms with Gasteiger partial charge < -0.3 is 14.2 Å². The van der Waals surface area contributed by atoms with E-state index in [9.17, 15) is 9.59 Å². The summed E-state index contributed by atoms with van der Waals surface area (Å²) in [5.74, 6) is 0.127. The van der Waals surface area contributed by atoms with Gasteiger partial charge in [-0.3, -0.25) is 9.59 Å². The maximum Gasteiger partial charge on any atom is 0.316 e. The highest BCUT2D eigenvalue weighted by atomic mass is 16.6. The van der Waals surface area contributed by atoms with Crippen LogP contribution >= 0.6 is 0 Å². The molecule has 0 spiro atoms. The van der Waals surface area contributed by atoms with Gasteiger partial charge in [0.05, 0.1) is 26.1 Å². The predicted octanol–water partition coefficient (Wildman–Crippen LogP) is 2.99. The number of carbonyl (C=O) groups excluding carboxylic acids is 2. The molecule has 120 valence electrons. The smallest absolute Gasteiger partial charge is 0.316 e. The quantitative estimate of drug-likeness (QED) is 0.554. The molecule has 0 bridgehead atoms. The summed E-state index contributed by atoms with van der Waals surface area (Å²) in [6, 6.07) is 18.2. The number of rotatable bonds is 8. The molecule has 0 fully saturated rings. The molecule has 2 aromatic carbocycles. The van der Waals surface area contributed by atoms with Gasteiger partial charge in [0.25, 0.3) is 0 Å². The topological polar surface area (TPSA) is 61.8 Å². The molecule has 0 heterocycles. The van der Waals surface area contributed by atoms with E-state index < -0.39 is 11.9 Å².